The number of hydrogen-bond acceptors (Lipinski definition) is 7. The molecule has 0 heterocycles. The summed E-state index contributed by atoms with van der Waals surface area (Å²) in [6, 6.07) is 0. The van der Waals surface area contributed by atoms with Crippen LogP contribution in [0.1, 0.15) is 59.3 Å². The second-order valence-corrected chi connectivity index (χ2v) is 4.85. The summed E-state index contributed by atoms with van der Waals surface area (Å²) in [4.78, 5) is 23.0. The van der Waals surface area contributed by atoms with Crippen molar-refractivity contribution in [3.05, 3.63) is 0 Å². The minimum Gasteiger partial charge on any atom is -0.475 e. The number of rotatable bonds is 11. The quantitative estimate of drug-likeness (QED) is 0.207. The maximum absolute atomic E-state index is 11.6. The van der Waals surface area contributed by atoms with Crippen LogP contribution < -0.4 is 0 Å². The Kier molecular flexibility index (Phi) is 11.9. The van der Waals surface area contributed by atoms with Crippen molar-refractivity contribution < 1.29 is 29.0 Å². The van der Waals surface area contributed by atoms with Crippen molar-refractivity contribution in [1.82, 2.24) is 0 Å². The number of hydrogen-bond donors (Lipinski definition) is 1. The molecule has 0 spiro atoms. The molecule has 22 heavy (non-hydrogen) atoms. The largest absolute Gasteiger partial charge is 0.475 e. The van der Waals surface area contributed by atoms with Gasteiger partial charge in [-0.2, -0.15) is 0 Å². The van der Waals surface area contributed by atoms with Gasteiger partial charge in [-0.05, 0) is 19.3 Å². The molecule has 1 N–H and O–H groups in total. The number of oxime groups is 1. The second-order valence-electron chi connectivity index (χ2n) is 4.85. The van der Waals surface area contributed by atoms with Crippen LogP contribution in [0.2, 0.25) is 0 Å². The molecule has 0 radical (unpaired) electrons. The Morgan fingerprint density at radius 1 is 0.909 bits per heavy atom. The maximum atomic E-state index is 11.6. The molecule has 1 unspecified atom stereocenters. The molecule has 0 saturated heterocycles. The average molecular weight is 317 g/mol. The zero-order chi connectivity index (χ0) is 16.8. The van der Waals surface area contributed by atoms with Crippen LogP contribution in [-0.4, -0.2) is 42.4 Å². The van der Waals surface area contributed by atoms with Crippen LogP contribution >= 0.6 is 0 Å². The summed E-state index contributed by atoms with van der Waals surface area (Å²) < 4.78 is 15.6. The predicted molar refractivity (Wildman–Crippen MR) is 80.7 cm³/mol. The topological polar surface area (TPSA) is 94.4 Å². The minimum atomic E-state index is -0.714. The molecule has 7 heteroatoms. The molecule has 0 fully saturated rings. The van der Waals surface area contributed by atoms with Gasteiger partial charge in [-0.25, -0.2) is 0 Å². The van der Waals surface area contributed by atoms with Gasteiger partial charge in [0.25, 0.3) is 0 Å². The highest BCUT2D eigenvalue weighted by Gasteiger charge is 2.18. The number of esters is 2. The van der Waals surface area contributed by atoms with E-state index in [-0.39, 0.29) is 37.5 Å². The van der Waals surface area contributed by atoms with Crippen molar-refractivity contribution in [3.63, 3.8) is 0 Å². The van der Waals surface area contributed by atoms with Crippen molar-refractivity contribution in [2.75, 3.05) is 13.2 Å². The smallest absolute Gasteiger partial charge is 0.306 e. The summed E-state index contributed by atoms with van der Waals surface area (Å²) in [6.07, 6.45) is 2.47. The van der Waals surface area contributed by atoms with Gasteiger partial charge in [0, 0.05) is 19.3 Å². The summed E-state index contributed by atoms with van der Waals surface area (Å²) in [5, 5.41) is 11.8. The van der Waals surface area contributed by atoms with E-state index in [2.05, 4.69) is 5.16 Å². The van der Waals surface area contributed by atoms with Gasteiger partial charge in [-0.3, -0.25) is 9.59 Å². The maximum Gasteiger partial charge on any atom is 0.306 e. The first-order valence-corrected chi connectivity index (χ1v) is 7.76. The highest BCUT2D eigenvalue weighted by Crippen LogP contribution is 2.04. The van der Waals surface area contributed by atoms with Crippen molar-refractivity contribution in [2.24, 2.45) is 5.16 Å². The zero-order valence-corrected chi connectivity index (χ0v) is 13.7. The Morgan fingerprint density at radius 2 is 1.45 bits per heavy atom. The Hall–Kier alpha value is -1.79. The molecule has 128 valence electrons. The first-order chi connectivity index (χ1) is 10.6. The Labute approximate surface area is 131 Å². The fraction of sp³-hybridized carbons (Fsp3) is 0.800. The lowest BCUT2D eigenvalue weighted by molar-refractivity contribution is -0.161. The molecule has 7 nitrogen and oxygen atoms in total. The summed E-state index contributed by atoms with van der Waals surface area (Å²) in [6.45, 7) is 5.57. The van der Waals surface area contributed by atoms with Crippen LogP contribution in [0.25, 0.3) is 0 Å². The molecule has 0 rings (SSSR count). The molecule has 1 atom stereocenters. The molecular formula is C15H27NO6. The first kappa shape index (κ1) is 20.2. The van der Waals surface area contributed by atoms with Crippen LogP contribution in [-0.2, 0) is 23.8 Å². The lowest BCUT2D eigenvalue weighted by Crippen LogP contribution is -2.30. The molecule has 0 aromatic rings. The van der Waals surface area contributed by atoms with Gasteiger partial charge in [0.05, 0.1) is 0 Å². The number of ether oxygens (including phenoxy) is 3. The van der Waals surface area contributed by atoms with Crippen molar-refractivity contribution in [3.8, 4) is 0 Å². The van der Waals surface area contributed by atoms with Crippen LogP contribution in [0.3, 0.4) is 0 Å². The van der Waals surface area contributed by atoms with E-state index in [4.69, 9.17) is 19.4 Å². The normalized spacial score (nSPS) is 12.6. The van der Waals surface area contributed by atoms with Crippen molar-refractivity contribution in [2.45, 2.75) is 65.4 Å². The van der Waals surface area contributed by atoms with Gasteiger partial charge in [-0.1, -0.05) is 25.9 Å². The molecule has 0 aromatic carbocycles. The molecule has 0 aliphatic carbocycles. The van der Waals surface area contributed by atoms with E-state index in [1.165, 1.54) is 0 Å². The average Bonchev–Trinajstić information content (AvgIpc) is 2.49. The first-order valence-electron chi connectivity index (χ1n) is 7.76. The number of carbonyl (C=O) groups excluding carboxylic acids is 2. The fourth-order valence-corrected chi connectivity index (χ4v) is 1.58. The van der Waals surface area contributed by atoms with E-state index < -0.39 is 6.10 Å². The Morgan fingerprint density at radius 3 is 2.00 bits per heavy atom. The van der Waals surface area contributed by atoms with E-state index in [0.29, 0.717) is 25.7 Å². The summed E-state index contributed by atoms with van der Waals surface area (Å²) in [5.74, 6) is -0.553. The monoisotopic (exact) mass is 317 g/mol. The Bertz CT molecular complexity index is 356. The van der Waals surface area contributed by atoms with E-state index >= 15 is 0 Å². The zero-order valence-electron chi connectivity index (χ0n) is 13.7. The predicted octanol–water partition coefficient (Wildman–Crippen LogP) is 2.65. The lowest BCUT2D eigenvalue weighted by atomic mass is 10.3. The van der Waals surface area contributed by atoms with Gasteiger partial charge in [0.2, 0.25) is 5.90 Å². The third-order valence-electron chi connectivity index (χ3n) is 2.65. The molecule has 0 aliphatic heterocycles. The van der Waals surface area contributed by atoms with Crippen LogP contribution in [0, 0.1) is 0 Å². The number of nitrogens with zero attached hydrogens (tertiary/aromatic N) is 1. The summed E-state index contributed by atoms with van der Waals surface area (Å²) in [5.41, 5.74) is 0. The minimum absolute atomic E-state index is 0.0196. The fourth-order valence-electron chi connectivity index (χ4n) is 1.58. The lowest BCUT2D eigenvalue weighted by Gasteiger charge is -2.18. The number of carbonyl (C=O) groups is 2. The molecule has 0 saturated carbocycles. The van der Waals surface area contributed by atoms with Gasteiger partial charge >= 0.3 is 11.9 Å². The van der Waals surface area contributed by atoms with Gasteiger partial charge in [0.1, 0.15) is 13.2 Å². The Balaban J connectivity index is 4.44. The molecule has 0 bridgehead atoms. The highest BCUT2D eigenvalue weighted by atomic mass is 16.6. The van der Waals surface area contributed by atoms with E-state index in [1.54, 1.807) is 0 Å². The molecule has 0 aromatic heterocycles. The van der Waals surface area contributed by atoms with E-state index in [9.17, 15) is 9.59 Å². The van der Waals surface area contributed by atoms with E-state index in [0.717, 1.165) is 6.42 Å². The molecule has 0 aliphatic rings. The van der Waals surface area contributed by atoms with Crippen LogP contribution in [0.5, 0.6) is 0 Å². The van der Waals surface area contributed by atoms with E-state index in [1.807, 2.05) is 20.8 Å². The molecular weight excluding hydrogens is 290 g/mol. The van der Waals surface area contributed by atoms with Crippen molar-refractivity contribution >= 4 is 17.8 Å². The third-order valence-corrected chi connectivity index (χ3v) is 2.65. The third kappa shape index (κ3) is 10.0. The molecule has 0 amide bonds. The van der Waals surface area contributed by atoms with Crippen molar-refractivity contribution in [1.29, 1.82) is 0 Å². The van der Waals surface area contributed by atoms with Gasteiger partial charge in [0.15, 0.2) is 6.10 Å². The van der Waals surface area contributed by atoms with Crippen LogP contribution in [0.4, 0.5) is 0 Å². The summed E-state index contributed by atoms with van der Waals surface area (Å²) in [7, 11) is 0. The van der Waals surface area contributed by atoms with Crippen LogP contribution in [0.15, 0.2) is 5.16 Å². The van der Waals surface area contributed by atoms with Gasteiger partial charge in [-0.15, -0.1) is 0 Å². The highest BCUT2D eigenvalue weighted by molar-refractivity contribution is 5.75. The SMILES string of the molecule is CCCC(=O)OCC(COC(CCC)=NO)OC(=O)CCC. The second kappa shape index (κ2) is 12.9. The summed E-state index contributed by atoms with van der Waals surface area (Å²) >= 11 is 0. The standard InChI is InChI=1S/C15H27NO6/c1-4-7-13(16-19)20-10-12(22-15(18)9-6-3)11-21-14(17)8-5-2/h12,19H,4-11H2,1-3H3. The van der Waals surface area contributed by atoms with Gasteiger partial charge < -0.3 is 19.4 Å².